The molecule has 0 rings (SSSR count). The molecule has 0 aliphatic rings. The van der Waals surface area contributed by atoms with E-state index >= 15 is 0 Å². The zero-order valence-electron chi connectivity index (χ0n) is 9.23. The van der Waals surface area contributed by atoms with Crippen LogP contribution >= 0.6 is 50.3 Å². The third kappa shape index (κ3) is 9.18. The monoisotopic (exact) mass is 440 g/mol. The lowest BCUT2D eigenvalue weighted by molar-refractivity contribution is -0.126. The first-order valence-electron chi connectivity index (χ1n) is 4.90. The summed E-state index contributed by atoms with van der Waals surface area (Å²) >= 11 is 6.48. The van der Waals surface area contributed by atoms with Gasteiger partial charge < -0.3 is 0 Å². The van der Waals surface area contributed by atoms with Crippen LogP contribution in [0.15, 0.2) is 31.7 Å². The van der Waals surface area contributed by atoms with E-state index in [1.165, 1.54) is 17.8 Å². The average Bonchev–Trinajstić information content (AvgIpc) is 2.24. The highest BCUT2D eigenvalue weighted by atomic mass is 127. The molecule has 0 fully saturated rings. The van der Waals surface area contributed by atoms with Gasteiger partial charge in [0, 0.05) is 4.91 Å². The fourth-order valence-corrected chi connectivity index (χ4v) is 2.91. The van der Waals surface area contributed by atoms with E-state index in [1.807, 2.05) is 29.5 Å². The molecule has 0 unspecified atom stereocenters. The quantitative estimate of drug-likeness (QED) is 0.350. The van der Waals surface area contributed by atoms with Gasteiger partial charge >= 0.3 is 6.18 Å². The molecule has 0 aromatic rings. The lowest BCUT2D eigenvalue weighted by Gasteiger charge is -2.12. The van der Waals surface area contributed by atoms with Crippen molar-refractivity contribution in [2.45, 2.75) is 25.9 Å². The third-order valence-corrected chi connectivity index (χ3v) is 4.29. The van der Waals surface area contributed by atoms with Crippen molar-refractivity contribution < 1.29 is 13.2 Å². The standard InChI is InChI=1S/C11H13BrF3IS/c1-2-6-17-10(8-16)9(4-3-5-12)7-11(13,14)15/h3-5,8H,2,6-7H2,1H3/b5-3+,9-4-,10-8+. The van der Waals surface area contributed by atoms with Gasteiger partial charge in [-0.2, -0.15) is 13.2 Å². The fraction of sp³-hybridized carbons (Fsp3) is 0.455. The van der Waals surface area contributed by atoms with Crippen LogP contribution in [0.5, 0.6) is 0 Å². The van der Waals surface area contributed by atoms with Gasteiger partial charge in [-0.1, -0.05) is 57.6 Å². The topological polar surface area (TPSA) is 0 Å². The highest BCUT2D eigenvalue weighted by molar-refractivity contribution is 14.1. The Balaban J connectivity index is 4.89. The molecule has 0 atom stereocenters. The van der Waals surface area contributed by atoms with Crippen molar-refractivity contribution in [1.82, 2.24) is 0 Å². The summed E-state index contributed by atoms with van der Waals surface area (Å²) in [5, 5.41) is 0. The predicted octanol–water partition coefficient (Wildman–Crippen LogP) is 6.19. The smallest absolute Gasteiger partial charge is 0.171 e. The fourth-order valence-electron chi connectivity index (χ4n) is 1.00. The molecule has 0 aliphatic heterocycles. The zero-order chi connectivity index (χ0) is 13.3. The van der Waals surface area contributed by atoms with Gasteiger partial charge in [0.05, 0.1) is 6.42 Å². The summed E-state index contributed by atoms with van der Waals surface area (Å²) in [6, 6.07) is 0. The molecule has 17 heavy (non-hydrogen) atoms. The van der Waals surface area contributed by atoms with Gasteiger partial charge in [-0.25, -0.2) is 0 Å². The summed E-state index contributed by atoms with van der Waals surface area (Å²) in [4.78, 5) is 2.23. The Hall–Kier alpha value is 0.570. The van der Waals surface area contributed by atoms with Crippen LogP contribution in [0.3, 0.4) is 0 Å². The van der Waals surface area contributed by atoms with Crippen LogP contribution < -0.4 is 0 Å². The number of alkyl halides is 3. The van der Waals surface area contributed by atoms with Gasteiger partial charge in [0.1, 0.15) is 0 Å². The number of hydrogen-bond donors (Lipinski definition) is 0. The average molecular weight is 441 g/mol. The molecule has 0 heterocycles. The van der Waals surface area contributed by atoms with E-state index in [0.29, 0.717) is 10.5 Å². The molecule has 0 bridgehead atoms. The summed E-state index contributed by atoms with van der Waals surface area (Å²) in [6.07, 6.45) is -1.07. The molecule has 0 radical (unpaired) electrons. The minimum Gasteiger partial charge on any atom is -0.171 e. The first-order valence-corrected chi connectivity index (χ1v) is 8.05. The van der Waals surface area contributed by atoms with Gasteiger partial charge in [0.25, 0.3) is 0 Å². The molecule has 0 saturated heterocycles. The molecule has 0 aliphatic carbocycles. The maximum atomic E-state index is 12.4. The van der Waals surface area contributed by atoms with Gasteiger partial charge in [0.15, 0.2) is 0 Å². The van der Waals surface area contributed by atoms with Crippen molar-refractivity contribution in [3.63, 3.8) is 0 Å². The van der Waals surface area contributed by atoms with Crippen molar-refractivity contribution in [3.8, 4) is 0 Å². The Kier molecular flexibility index (Phi) is 9.81. The lowest BCUT2D eigenvalue weighted by atomic mass is 10.1. The van der Waals surface area contributed by atoms with E-state index in [9.17, 15) is 13.2 Å². The Morgan fingerprint density at radius 2 is 2.06 bits per heavy atom. The van der Waals surface area contributed by atoms with E-state index in [0.717, 1.165) is 12.2 Å². The maximum Gasteiger partial charge on any atom is 0.393 e. The first kappa shape index (κ1) is 17.6. The van der Waals surface area contributed by atoms with E-state index in [-0.39, 0.29) is 0 Å². The van der Waals surface area contributed by atoms with E-state index < -0.39 is 12.6 Å². The highest BCUT2D eigenvalue weighted by Gasteiger charge is 2.29. The van der Waals surface area contributed by atoms with Gasteiger partial charge in [0.2, 0.25) is 0 Å². The lowest BCUT2D eigenvalue weighted by Crippen LogP contribution is -2.09. The van der Waals surface area contributed by atoms with Crippen molar-refractivity contribution in [2.24, 2.45) is 0 Å². The molecule has 0 nitrogen and oxygen atoms in total. The summed E-state index contributed by atoms with van der Waals surface area (Å²) < 4.78 is 39.0. The molecule has 98 valence electrons. The number of allylic oxidation sites excluding steroid dienone is 3. The maximum absolute atomic E-state index is 12.4. The Bertz CT molecular complexity index is 308. The number of thioether (sulfide) groups is 1. The van der Waals surface area contributed by atoms with Crippen LogP contribution in [0.1, 0.15) is 19.8 Å². The summed E-state index contributed by atoms with van der Waals surface area (Å²) in [5.74, 6) is 0.821. The third-order valence-electron chi connectivity index (χ3n) is 1.64. The largest absolute Gasteiger partial charge is 0.393 e. The molecule has 0 saturated carbocycles. The highest BCUT2D eigenvalue weighted by Crippen LogP contribution is 2.34. The van der Waals surface area contributed by atoms with Crippen molar-refractivity contribution in [2.75, 3.05) is 5.75 Å². The van der Waals surface area contributed by atoms with Gasteiger partial charge in [-0.15, -0.1) is 11.8 Å². The van der Waals surface area contributed by atoms with Crippen LogP contribution in [0.2, 0.25) is 0 Å². The SMILES string of the molecule is CCCSC(=C/I)/C(=C\C=C\Br)CC(F)(F)F. The second-order valence-corrected chi connectivity index (χ2v) is 5.41. The van der Waals surface area contributed by atoms with Crippen LogP contribution in [0.4, 0.5) is 13.2 Å². The van der Waals surface area contributed by atoms with E-state index in [1.54, 1.807) is 15.1 Å². The van der Waals surface area contributed by atoms with Crippen molar-refractivity contribution in [3.05, 3.63) is 31.7 Å². The molecule has 0 amide bonds. The minimum atomic E-state index is -4.18. The Morgan fingerprint density at radius 1 is 1.41 bits per heavy atom. The van der Waals surface area contributed by atoms with E-state index in [2.05, 4.69) is 15.9 Å². The first-order chi connectivity index (χ1) is 7.94. The minimum absolute atomic E-state index is 0.307. The molecular formula is C11H13BrF3IS. The molecular weight excluding hydrogens is 428 g/mol. The van der Waals surface area contributed by atoms with Crippen molar-refractivity contribution >= 4 is 50.3 Å². The number of halogens is 5. The Morgan fingerprint density at radius 3 is 2.47 bits per heavy atom. The molecule has 0 spiro atoms. The van der Waals surface area contributed by atoms with Gasteiger partial charge in [-0.05, 0) is 26.8 Å². The van der Waals surface area contributed by atoms with Crippen LogP contribution in [-0.4, -0.2) is 11.9 Å². The normalized spacial score (nSPS) is 14.7. The van der Waals surface area contributed by atoms with Crippen LogP contribution in [-0.2, 0) is 0 Å². The second kappa shape index (κ2) is 9.49. The summed E-state index contributed by atoms with van der Waals surface area (Å²) in [7, 11) is 0. The summed E-state index contributed by atoms with van der Waals surface area (Å²) in [5.41, 5.74) is 0.307. The second-order valence-electron chi connectivity index (χ2n) is 3.12. The van der Waals surface area contributed by atoms with E-state index in [4.69, 9.17) is 0 Å². The number of rotatable bonds is 6. The number of hydrogen-bond acceptors (Lipinski definition) is 1. The van der Waals surface area contributed by atoms with Crippen LogP contribution in [0, 0.1) is 0 Å². The summed E-state index contributed by atoms with van der Waals surface area (Å²) in [6.45, 7) is 2.00. The molecule has 0 aromatic carbocycles. The van der Waals surface area contributed by atoms with Crippen molar-refractivity contribution in [1.29, 1.82) is 0 Å². The predicted molar refractivity (Wildman–Crippen MR) is 81.7 cm³/mol. The molecule has 0 N–H and O–H groups in total. The zero-order valence-corrected chi connectivity index (χ0v) is 13.8. The Labute approximate surface area is 126 Å². The van der Waals surface area contributed by atoms with Gasteiger partial charge in [-0.3, -0.25) is 0 Å². The molecule has 6 heteroatoms. The molecule has 0 aromatic heterocycles. The van der Waals surface area contributed by atoms with Crippen LogP contribution in [0.25, 0.3) is 0 Å².